The molecule has 2 aliphatic rings. The monoisotopic (exact) mass is 226 g/mol. The lowest BCUT2D eigenvalue weighted by Crippen LogP contribution is -2.26. The lowest BCUT2D eigenvalue weighted by Gasteiger charge is -2.33. The van der Waals surface area contributed by atoms with E-state index in [4.69, 9.17) is 5.11 Å². The van der Waals surface area contributed by atoms with Gasteiger partial charge in [0.1, 0.15) is 0 Å². The third-order valence-corrected chi connectivity index (χ3v) is 4.18. The molecule has 90 valence electrons. The zero-order valence-electron chi connectivity index (χ0n) is 9.49. The maximum Gasteiger partial charge on any atom is 0.306 e. The Bertz CT molecular complexity index is 290. The van der Waals surface area contributed by atoms with Crippen molar-refractivity contribution in [2.45, 2.75) is 44.9 Å². The van der Waals surface area contributed by atoms with Gasteiger partial charge >= 0.3 is 5.97 Å². The van der Waals surface area contributed by atoms with Gasteiger partial charge in [-0.15, -0.1) is 0 Å². The van der Waals surface area contributed by atoms with Gasteiger partial charge in [-0.05, 0) is 56.8 Å². The van der Waals surface area contributed by atoms with E-state index in [1.165, 1.54) is 0 Å². The molecule has 1 unspecified atom stereocenters. The highest BCUT2D eigenvalue weighted by Gasteiger charge is 2.31. The molecule has 1 N–H and O–H groups in total. The molecule has 3 heteroatoms. The molecule has 0 aromatic rings. The molecule has 0 aromatic carbocycles. The van der Waals surface area contributed by atoms with Gasteiger partial charge in [0.05, 0.1) is 11.7 Å². The maximum absolute atomic E-state index is 12.9. The van der Waals surface area contributed by atoms with E-state index in [9.17, 15) is 9.18 Å². The summed E-state index contributed by atoms with van der Waals surface area (Å²) < 4.78 is 12.9. The van der Waals surface area contributed by atoms with Crippen LogP contribution in [-0.4, -0.2) is 11.1 Å². The number of carboxylic acid groups (broad SMARTS) is 1. The van der Waals surface area contributed by atoms with Crippen molar-refractivity contribution in [3.63, 3.8) is 0 Å². The van der Waals surface area contributed by atoms with E-state index in [-0.39, 0.29) is 11.7 Å². The van der Waals surface area contributed by atoms with Gasteiger partial charge in [-0.2, -0.15) is 0 Å². The second-order valence-electron chi connectivity index (χ2n) is 5.14. The summed E-state index contributed by atoms with van der Waals surface area (Å²) in [6.45, 7) is 0. The average Bonchev–Trinajstić information content (AvgIpc) is 2.30. The zero-order chi connectivity index (χ0) is 11.5. The lowest BCUT2D eigenvalue weighted by molar-refractivity contribution is -0.143. The Labute approximate surface area is 95.5 Å². The molecule has 16 heavy (non-hydrogen) atoms. The highest BCUT2D eigenvalue weighted by Crippen LogP contribution is 2.39. The number of hydrogen-bond donors (Lipinski definition) is 1. The fourth-order valence-electron chi connectivity index (χ4n) is 3.09. The first-order chi connectivity index (χ1) is 7.66. The van der Waals surface area contributed by atoms with Gasteiger partial charge in [-0.1, -0.05) is 6.08 Å². The molecule has 0 aliphatic heterocycles. The molecular formula is C13H19FO2. The first-order valence-corrected chi connectivity index (χ1v) is 6.24. The first-order valence-electron chi connectivity index (χ1n) is 6.24. The van der Waals surface area contributed by atoms with Gasteiger partial charge in [-0.25, -0.2) is 4.39 Å². The lowest BCUT2D eigenvalue weighted by atomic mass is 9.72. The molecule has 1 atom stereocenters. The smallest absolute Gasteiger partial charge is 0.306 e. The van der Waals surface area contributed by atoms with Crippen LogP contribution in [0.4, 0.5) is 4.39 Å². The third-order valence-electron chi connectivity index (χ3n) is 4.18. The number of carboxylic acids is 1. The van der Waals surface area contributed by atoms with Crippen LogP contribution in [-0.2, 0) is 4.79 Å². The largest absolute Gasteiger partial charge is 0.481 e. The highest BCUT2D eigenvalue weighted by molar-refractivity contribution is 5.69. The van der Waals surface area contributed by atoms with Crippen LogP contribution in [0, 0.1) is 17.8 Å². The zero-order valence-corrected chi connectivity index (χ0v) is 9.49. The van der Waals surface area contributed by atoms with Crippen molar-refractivity contribution in [3.05, 3.63) is 11.9 Å². The normalized spacial score (nSPS) is 35.6. The second-order valence-corrected chi connectivity index (χ2v) is 5.14. The molecule has 2 rings (SSSR count). The summed E-state index contributed by atoms with van der Waals surface area (Å²) in [5, 5.41) is 8.91. The Morgan fingerprint density at radius 2 is 1.88 bits per heavy atom. The standard InChI is InChI=1S/C13H19FO2/c14-12-7-5-10(6-8-12)9-1-3-11(4-2-9)13(15)16/h7,9-11H,1-6,8H2,(H,15,16). The predicted molar refractivity (Wildman–Crippen MR) is 59.6 cm³/mol. The Balaban J connectivity index is 1.83. The van der Waals surface area contributed by atoms with E-state index < -0.39 is 5.97 Å². The SMILES string of the molecule is O=C(O)C1CCC(C2CC=C(F)CC2)CC1. The highest BCUT2D eigenvalue weighted by atomic mass is 19.1. The average molecular weight is 226 g/mol. The van der Waals surface area contributed by atoms with Gasteiger partial charge < -0.3 is 5.11 Å². The van der Waals surface area contributed by atoms with Crippen molar-refractivity contribution in [3.8, 4) is 0 Å². The van der Waals surface area contributed by atoms with Crippen molar-refractivity contribution >= 4 is 5.97 Å². The molecule has 1 fully saturated rings. The third kappa shape index (κ3) is 2.63. The molecule has 0 saturated heterocycles. The number of allylic oxidation sites excluding steroid dienone is 2. The molecule has 0 spiro atoms. The molecule has 0 bridgehead atoms. The minimum atomic E-state index is -0.645. The Hall–Kier alpha value is -0.860. The van der Waals surface area contributed by atoms with Gasteiger partial charge in [0, 0.05) is 0 Å². The summed E-state index contributed by atoms with van der Waals surface area (Å²) in [6, 6.07) is 0. The Kier molecular flexibility index (Phi) is 3.62. The number of halogens is 1. The second kappa shape index (κ2) is 4.98. The van der Waals surface area contributed by atoms with Crippen molar-refractivity contribution in [1.82, 2.24) is 0 Å². The number of carbonyl (C=O) groups is 1. The Morgan fingerprint density at radius 3 is 2.38 bits per heavy atom. The van der Waals surface area contributed by atoms with E-state index in [2.05, 4.69) is 0 Å². The van der Waals surface area contributed by atoms with Crippen molar-refractivity contribution in [2.75, 3.05) is 0 Å². The van der Waals surface area contributed by atoms with E-state index in [1.807, 2.05) is 0 Å². The molecule has 2 aliphatic carbocycles. The fraction of sp³-hybridized carbons (Fsp3) is 0.769. The van der Waals surface area contributed by atoms with Gasteiger partial charge in [-0.3, -0.25) is 4.79 Å². The molecule has 0 heterocycles. The number of aliphatic carboxylic acids is 1. The van der Waals surface area contributed by atoms with Crippen LogP contribution < -0.4 is 0 Å². The number of rotatable bonds is 2. The van der Waals surface area contributed by atoms with Crippen LogP contribution in [0.1, 0.15) is 44.9 Å². The van der Waals surface area contributed by atoms with Crippen molar-refractivity contribution in [2.24, 2.45) is 17.8 Å². The minimum absolute atomic E-state index is 0.0375. The topological polar surface area (TPSA) is 37.3 Å². The predicted octanol–water partition coefficient (Wildman–Crippen LogP) is 3.53. The van der Waals surface area contributed by atoms with Crippen LogP contribution in [0.3, 0.4) is 0 Å². The molecule has 1 saturated carbocycles. The summed E-state index contributed by atoms with van der Waals surface area (Å²) in [6.07, 6.45) is 7.75. The van der Waals surface area contributed by atoms with Gasteiger partial charge in [0.2, 0.25) is 0 Å². The fourth-order valence-corrected chi connectivity index (χ4v) is 3.09. The van der Waals surface area contributed by atoms with Crippen LogP contribution >= 0.6 is 0 Å². The van der Waals surface area contributed by atoms with E-state index in [1.54, 1.807) is 6.08 Å². The summed E-state index contributed by atoms with van der Waals surface area (Å²) in [5.41, 5.74) is 0. The van der Waals surface area contributed by atoms with Crippen molar-refractivity contribution in [1.29, 1.82) is 0 Å². The summed E-state index contributed by atoms with van der Waals surface area (Å²) in [4.78, 5) is 10.8. The van der Waals surface area contributed by atoms with Crippen LogP contribution in [0.15, 0.2) is 11.9 Å². The molecule has 0 amide bonds. The maximum atomic E-state index is 12.9. The minimum Gasteiger partial charge on any atom is -0.481 e. The summed E-state index contributed by atoms with van der Waals surface area (Å²) in [5.74, 6) is 0.477. The molecular weight excluding hydrogens is 207 g/mol. The van der Waals surface area contributed by atoms with Gasteiger partial charge in [0.25, 0.3) is 0 Å². The number of hydrogen-bond acceptors (Lipinski definition) is 1. The van der Waals surface area contributed by atoms with Crippen LogP contribution in [0.5, 0.6) is 0 Å². The summed E-state index contributed by atoms with van der Waals surface area (Å²) in [7, 11) is 0. The van der Waals surface area contributed by atoms with E-state index >= 15 is 0 Å². The molecule has 2 nitrogen and oxygen atoms in total. The van der Waals surface area contributed by atoms with Crippen molar-refractivity contribution < 1.29 is 14.3 Å². The quantitative estimate of drug-likeness (QED) is 0.782. The molecule has 0 aromatic heterocycles. The summed E-state index contributed by atoms with van der Waals surface area (Å²) >= 11 is 0. The van der Waals surface area contributed by atoms with Crippen LogP contribution in [0.25, 0.3) is 0 Å². The van der Waals surface area contributed by atoms with E-state index in [0.717, 1.165) is 38.5 Å². The van der Waals surface area contributed by atoms with Gasteiger partial charge in [0.15, 0.2) is 0 Å². The van der Waals surface area contributed by atoms with E-state index in [0.29, 0.717) is 18.3 Å². The molecule has 0 radical (unpaired) electrons. The Morgan fingerprint density at radius 1 is 1.19 bits per heavy atom. The first kappa shape index (κ1) is 11.6. The van der Waals surface area contributed by atoms with Crippen LogP contribution in [0.2, 0.25) is 0 Å².